The lowest BCUT2D eigenvalue weighted by molar-refractivity contribution is 0.0639. The van der Waals surface area contributed by atoms with Gasteiger partial charge in [-0.15, -0.1) is 0 Å². The maximum Gasteiger partial charge on any atom is 0.274 e. The number of halogens is 1. The molecule has 5 rings (SSSR count). The summed E-state index contributed by atoms with van der Waals surface area (Å²) in [5.74, 6) is 1.48. The van der Waals surface area contributed by atoms with Crippen LogP contribution in [0.3, 0.4) is 0 Å². The smallest absolute Gasteiger partial charge is 0.274 e. The van der Waals surface area contributed by atoms with Gasteiger partial charge in [-0.1, -0.05) is 18.0 Å². The summed E-state index contributed by atoms with van der Waals surface area (Å²) in [6, 6.07) is 7.92. The van der Waals surface area contributed by atoms with E-state index in [0.717, 1.165) is 25.0 Å². The average molecular weight is 423 g/mol. The molecule has 2 aliphatic rings. The maximum atomic E-state index is 13.3. The molecular formula is C23H26FN5O2. The predicted octanol–water partition coefficient (Wildman–Crippen LogP) is 3.89. The Morgan fingerprint density at radius 1 is 1.23 bits per heavy atom. The SMILES string of the molecule is Cc1cc(C(=O)N2CCC(CC3CC3)(c3noc(-c4ccc(F)cc4)n3)CC2)nn1C. The van der Waals surface area contributed by atoms with Gasteiger partial charge in [0.1, 0.15) is 5.82 Å². The van der Waals surface area contributed by atoms with Gasteiger partial charge in [0.05, 0.1) is 0 Å². The number of amides is 1. The fourth-order valence-electron chi connectivity index (χ4n) is 4.51. The molecule has 0 radical (unpaired) electrons. The fourth-order valence-corrected chi connectivity index (χ4v) is 4.51. The molecule has 3 aromatic rings. The third-order valence-corrected chi connectivity index (χ3v) is 6.71. The number of nitrogens with zero attached hydrogens (tertiary/aromatic N) is 5. The van der Waals surface area contributed by atoms with Gasteiger partial charge in [-0.3, -0.25) is 9.48 Å². The first-order chi connectivity index (χ1) is 14.9. The maximum absolute atomic E-state index is 13.3. The molecule has 0 spiro atoms. The highest BCUT2D eigenvalue weighted by Crippen LogP contribution is 2.47. The highest BCUT2D eigenvalue weighted by Gasteiger charge is 2.45. The van der Waals surface area contributed by atoms with E-state index in [1.807, 2.05) is 24.9 Å². The highest BCUT2D eigenvalue weighted by molar-refractivity contribution is 5.92. The van der Waals surface area contributed by atoms with Crippen molar-refractivity contribution in [1.29, 1.82) is 0 Å². The minimum absolute atomic E-state index is 0.0242. The summed E-state index contributed by atoms with van der Waals surface area (Å²) < 4.78 is 20.5. The van der Waals surface area contributed by atoms with E-state index in [9.17, 15) is 9.18 Å². The first-order valence-electron chi connectivity index (χ1n) is 10.8. The molecule has 8 heteroatoms. The van der Waals surface area contributed by atoms with Gasteiger partial charge in [-0.2, -0.15) is 10.1 Å². The molecule has 1 aromatic carbocycles. The van der Waals surface area contributed by atoms with Gasteiger partial charge in [-0.25, -0.2) is 4.39 Å². The van der Waals surface area contributed by atoms with Crippen LogP contribution in [0.25, 0.3) is 11.5 Å². The van der Waals surface area contributed by atoms with Gasteiger partial charge in [0, 0.05) is 36.8 Å². The Kier molecular flexibility index (Phi) is 4.87. The van der Waals surface area contributed by atoms with Crippen LogP contribution in [0.5, 0.6) is 0 Å². The quantitative estimate of drug-likeness (QED) is 0.622. The summed E-state index contributed by atoms with van der Waals surface area (Å²) in [5, 5.41) is 8.68. The summed E-state index contributed by atoms with van der Waals surface area (Å²) in [6.07, 6.45) is 5.08. The molecule has 31 heavy (non-hydrogen) atoms. The number of benzene rings is 1. The van der Waals surface area contributed by atoms with Crippen molar-refractivity contribution in [2.45, 2.75) is 44.4 Å². The Hall–Kier alpha value is -3.03. The van der Waals surface area contributed by atoms with Crippen LogP contribution < -0.4 is 0 Å². The molecule has 1 amide bonds. The Bertz CT molecular complexity index is 1070. The second-order valence-corrected chi connectivity index (χ2v) is 8.94. The summed E-state index contributed by atoms with van der Waals surface area (Å²) in [5.41, 5.74) is 1.97. The minimum Gasteiger partial charge on any atom is -0.337 e. The molecule has 0 unspecified atom stereocenters. The summed E-state index contributed by atoms with van der Waals surface area (Å²) >= 11 is 0. The molecule has 1 saturated carbocycles. The van der Waals surface area contributed by atoms with E-state index < -0.39 is 0 Å². The van der Waals surface area contributed by atoms with E-state index in [-0.39, 0.29) is 17.1 Å². The third kappa shape index (κ3) is 3.86. The fraction of sp³-hybridized carbons (Fsp3) is 0.478. The van der Waals surface area contributed by atoms with Crippen LogP contribution in [0.1, 0.15) is 54.1 Å². The number of hydrogen-bond donors (Lipinski definition) is 0. The largest absolute Gasteiger partial charge is 0.337 e. The number of aromatic nitrogens is 4. The molecule has 1 aliphatic carbocycles. The first kappa shape index (κ1) is 19.9. The van der Waals surface area contributed by atoms with Gasteiger partial charge in [-0.05, 0) is 62.4 Å². The van der Waals surface area contributed by atoms with Crippen molar-refractivity contribution in [1.82, 2.24) is 24.8 Å². The molecule has 162 valence electrons. The number of carbonyl (C=O) groups excluding carboxylic acids is 1. The van der Waals surface area contributed by atoms with Gasteiger partial charge in [0.15, 0.2) is 11.5 Å². The van der Waals surface area contributed by atoms with Crippen molar-refractivity contribution in [3.63, 3.8) is 0 Å². The molecular weight excluding hydrogens is 397 g/mol. The van der Waals surface area contributed by atoms with Crippen molar-refractivity contribution in [2.75, 3.05) is 13.1 Å². The van der Waals surface area contributed by atoms with Gasteiger partial charge in [0.25, 0.3) is 11.8 Å². The zero-order chi connectivity index (χ0) is 21.6. The number of rotatable bonds is 5. The van der Waals surface area contributed by atoms with E-state index in [2.05, 4.69) is 10.3 Å². The molecule has 7 nitrogen and oxygen atoms in total. The number of hydrogen-bond acceptors (Lipinski definition) is 5. The van der Waals surface area contributed by atoms with Gasteiger partial charge >= 0.3 is 0 Å². The van der Waals surface area contributed by atoms with E-state index >= 15 is 0 Å². The molecule has 2 aromatic heterocycles. The second-order valence-electron chi connectivity index (χ2n) is 8.94. The summed E-state index contributed by atoms with van der Waals surface area (Å²) in [4.78, 5) is 19.5. The standard InChI is InChI=1S/C23H26FN5O2/c1-15-13-19(26-28(15)2)21(30)29-11-9-23(10-12-29,14-16-3-4-16)22-25-20(31-27-22)17-5-7-18(24)8-6-17/h5-8,13,16H,3-4,9-12,14H2,1-2H3. The van der Waals surface area contributed by atoms with Crippen LogP contribution in [0, 0.1) is 18.7 Å². The summed E-state index contributed by atoms with van der Waals surface area (Å²) in [7, 11) is 1.85. The lowest BCUT2D eigenvalue weighted by Gasteiger charge is -2.39. The van der Waals surface area contributed by atoms with Crippen molar-refractivity contribution in [3.05, 3.63) is 53.4 Å². The molecule has 3 heterocycles. The lowest BCUT2D eigenvalue weighted by Crippen LogP contribution is -2.46. The lowest BCUT2D eigenvalue weighted by atomic mass is 9.73. The summed E-state index contributed by atoms with van der Waals surface area (Å²) in [6.45, 7) is 3.22. The monoisotopic (exact) mass is 423 g/mol. The second kappa shape index (κ2) is 7.59. The van der Waals surface area contributed by atoms with Crippen LogP contribution >= 0.6 is 0 Å². The van der Waals surface area contributed by atoms with Crippen molar-refractivity contribution in [3.8, 4) is 11.5 Å². The minimum atomic E-state index is -0.297. The zero-order valence-electron chi connectivity index (χ0n) is 17.8. The number of carbonyl (C=O) groups is 1. The molecule has 2 fully saturated rings. The number of likely N-dealkylation sites (tertiary alicyclic amines) is 1. The number of piperidine rings is 1. The Morgan fingerprint density at radius 2 is 1.94 bits per heavy atom. The Morgan fingerprint density at radius 3 is 2.55 bits per heavy atom. The zero-order valence-corrected chi connectivity index (χ0v) is 17.8. The van der Waals surface area contributed by atoms with Crippen LogP contribution in [0.2, 0.25) is 0 Å². The number of aryl methyl sites for hydroxylation is 2. The van der Waals surface area contributed by atoms with Gasteiger partial charge in [0.2, 0.25) is 0 Å². The molecule has 1 aliphatic heterocycles. The highest BCUT2D eigenvalue weighted by atomic mass is 19.1. The van der Waals surface area contributed by atoms with Crippen LogP contribution in [0.15, 0.2) is 34.9 Å². The van der Waals surface area contributed by atoms with Crippen LogP contribution in [-0.2, 0) is 12.5 Å². The Balaban J connectivity index is 1.36. The van der Waals surface area contributed by atoms with E-state index in [1.54, 1.807) is 16.8 Å². The van der Waals surface area contributed by atoms with E-state index in [1.165, 1.54) is 25.0 Å². The predicted molar refractivity (Wildman–Crippen MR) is 112 cm³/mol. The van der Waals surface area contributed by atoms with Crippen LogP contribution in [0.4, 0.5) is 4.39 Å². The van der Waals surface area contributed by atoms with Crippen molar-refractivity contribution in [2.24, 2.45) is 13.0 Å². The van der Waals surface area contributed by atoms with E-state index in [0.29, 0.717) is 42.0 Å². The molecule has 1 saturated heterocycles. The first-order valence-corrected chi connectivity index (χ1v) is 10.8. The van der Waals surface area contributed by atoms with Crippen molar-refractivity contribution < 1.29 is 13.7 Å². The van der Waals surface area contributed by atoms with Gasteiger partial charge < -0.3 is 9.42 Å². The van der Waals surface area contributed by atoms with Crippen LogP contribution in [-0.4, -0.2) is 43.8 Å². The topological polar surface area (TPSA) is 77.1 Å². The Labute approximate surface area is 180 Å². The molecule has 0 bridgehead atoms. The molecule has 0 N–H and O–H groups in total. The normalized spacial score (nSPS) is 18.4. The average Bonchev–Trinajstić information content (AvgIpc) is 3.31. The third-order valence-electron chi connectivity index (χ3n) is 6.71. The van der Waals surface area contributed by atoms with E-state index in [4.69, 9.17) is 9.51 Å². The molecule has 0 atom stereocenters. The van der Waals surface area contributed by atoms with Crippen molar-refractivity contribution >= 4 is 5.91 Å².